The smallest absolute Gasteiger partial charge is 0.241 e. The molecule has 1 aliphatic heterocycles. The summed E-state index contributed by atoms with van der Waals surface area (Å²) in [7, 11) is 0. The molecule has 4 nitrogen and oxygen atoms in total. The summed E-state index contributed by atoms with van der Waals surface area (Å²) in [6, 6.07) is 11.8. The molecule has 2 N–H and O–H groups in total. The number of pyridine rings is 1. The van der Waals surface area contributed by atoms with Crippen molar-refractivity contribution in [2.75, 3.05) is 5.32 Å². The zero-order valence-corrected chi connectivity index (χ0v) is 12.1. The topological polar surface area (TPSA) is 54.0 Å². The van der Waals surface area contributed by atoms with E-state index in [9.17, 15) is 4.79 Å². The molecule has 0 saturated carbocycles. The predicted octanol–water partition coefficient (Wildman–Crippen LogP) is 2.43. The van der Waals surface area contributed by atoms with E-state index in [1.54, 1.807) is 0 Å². The van der Waals surface area contributed by atoms with Crippen molar-refractivity contribution in [2.45, 2.75) is 32.4 Å². The fraction of sp³-hybridized carbons (Fsp3) is 0.294. The van der Waals surface area contributed by atoms with Crippen molar-refractivity contribution in [1.29, 1.82) is 0 Å². The Balaban J connectivity index is 1.64. The van der Waals surface area contributed by atoms with Gasteiger partial charge in [-0.15, -0.1) is 0 Å². The van der Waals surface area contributed by atoms with Crippen LogP contribution in [0, 0.1) is 6.92 Å². The first-order chi connectivity index (χ1) is 10.2. The molecular weight excluding hydrogens is 262 g/mol. The Hall–Kier alpha value is -2.20. The number of benzene rings is 1. The lowest BCUT2D eigenvalue weighted by molar-refractivity contribution is -0.118. The zero-order valence-electron chi connectivity index (χ0n) is 12.1. The van der Waals surface area contributed by atoms with Crippen LogP contribution in [-0.4, -0.2) is 16.9 Å². The number of aromatic nitrogens is 1. The number of carbonyl (C=O) groups is 1. The van der Waals surface area contributed by atoms with Gasteiger partial charge in [-0.2, -0.15) is 0 Å². The Morgan fingerprint density at radius 2 is 2.14 bits per heavy atom. The fourth-order valence-corrected chi connectivity index (χ4v) is 2.55. The van der Waals surface area contributed by atoms with Gasteiger partial charge in [-0.05, 0) is 43.0 Å². The quantitative estimate of drug-likeness (QED) is 0.908. The first-order valence-corrected chi connectivity index (χ1v) is 7.26. The van der Waals surface area contributed by atoms with Gasteiger partial charge in [0.2, 0.25) is 5.91 Å². The Kier molecular flexibility index (Phi) is 3.97. The average molecular weight is 281 g/mol. The van der Waals surface area contributed by atoms with E-state index in [1.165, 1.54) is 5.56 Å². The molecule has 21 heavy (non-hydrogen) atoms. The van der Waals surface area contributed by atoms with Gasteiger partial charge in [0.1, 0.15) is 0 Å². The van der Waals surface area contributed by atoms with Gasteiger partial charge in [-0.1, -0.05) is 24.3 Å². The number of fused-ring (bicyclic) bond motifs is 1. The highest BCUT2D eigenvalue weighted by Crippen LogP contribution is 2.21. The van der Waals surface area contributed by atoms with E-state index in [0.717, 1.165) is 29.8 Å². The molecule has 0 saturated heterocycles. The van der Waals surface area contributed by atoms with Crippen LogP contribution in [0.5, 0.6) is 0 Å². The van der Waals surface area contributed by atoms with Crippen molar-refractivity contribution in [2.24, 2.45) is 0 Å². The van der Waals surface area contributed by atoms with E-state index in [0.29, 0.717) is 6.54 Å². The predicted molar refractivity (Wildman–Crippen MR) is 83.0 cm³/mol. The van der Waals surface area contributed by atoms with E-state index in [-0.39, 0.29) is 11.9 Å². The Morgan fingerprint density at radius 3 is 2.95 bits per heavy atom. The van der Waals surface area contributed by atoms with Gasteiger partial charge < -0.3 is 10.6 Å². The maximum atomic E-state index is 12.3. The van der Waals surface area contributed by atoms with Crippen molar-refractivity contribution < 1.29 is 4.79 Å². The first kappa shape index (κ1) is 13.8. The van der Waals surface area contributed by atoms with E-state index in [4.69, 9.17) is 0 Å². The molecule has 2 aromatic rings. The molecule has 1 aromatic carbocycles. The average Bonchev–Trinajstić information content (AvgIpc) is 2.65. The molecule has 0 aliphatic carbocycles. The lowest BCUT2D eigenvalue weighted by Crippen LogP contribution is -2.39. The number of amides is 1. The number of nitrogens with one attached hydrogen (secondary N) is 2. The molecule has 4 heteroatoms. The van der Waals surface area contributed by atoms with E-state index in [2.05, 4.69) is 21.7 Å². The number of carbonyl (C=O) groups excluding carboxylic acids is 1. The highest BCUT2D eigenvalue weighted by Gasteiger charge is 2.22. The standard InChI is InChI=1S/C17H19N3O/c1-12-6-7-13(10-18-12)11-19-16-9-8-14-4-2-3-5-15(14)20-17(16)21/h2-7,10,16,19H,8-9,11H2,1H3,(H,20,21). The minimum absolute atomic E-state index is 0.0417. The van der Waals surface area contributed by atoms with Crippen molar-refractivity contribution in [1.82, 2.24) is 10.3 Å². The fourth-order valence-electron chi connectivity index (χ4n) is 2.55. The van der Waals surface area contributed by atoms with Crippen molar-refractivity contribution >= 4 is 11.6 Å². The van der Waals surface area contributed by atoms with Gasteiger partial charge in [-0.25, -0.2) is 0 Å². The largest absolute Gasteiger partial charge is 0.324 e. The summed E-state index contributed by atoms with van der Waals surface area (Å²) in [4.78, 5) is 16.5. The van der Waals surface area contributed by atoms with Crippen LogP contribution in [0.4, 0.5) is 5.69 Å². The van der Waals surface area contributed by atoms with Gasteiger partial charge in [0, 0.05) is 24.1 Å². The molecule has 0 spiro atoms. The van der Waals surface area contributed by atoms with Crippen molar-refractivity contribution in [3.05, 3.63) is 59.4 Å². The van der Waals surface area contributed by atoms with Crippen LogP contribution in [0.2, 0.25) is 0 Å². The molecule has 1 atom stereocenters. The van der Waals surface area contributed by atoms with E-state index in [1.807, 2.05) is 43.5 Å². The van der Waals surface area contributed by atoms with Crippen LogP contribution in [0.15, 0.2) is 42.6 Å². The number of anilines is 1. The molecule has 1 aromatic heterocycles. The number of hydrogen-bond donors (Lipinski definition) is 2. The third-order valence-electron chi connectivity index (χ3n) is 3.82. The summed E-state index contributed by atoms with van der Waals surface area (Å²) in [6.45, 7) is 2.62. The van der Waals surface area contributed by atoms with Crippen LogP contribution in [0.25, 0.3) is 0 Å². The molecule has 0 radical (unpaired) electrons. The summed E-state index contributed by atoms with van der Waals surface area (Å²) >= 11 is 0. The maximum Gasteiger partial charge on any atom is 0.241 e. The molecule has 108 valence electrons. The van der Waals surface area contributed by atoms with Crippen LogP contribution < -0.4 is 10.6 Å². The number of nitrogens with zero attached hydrogens (tertiary/aromatic N) is 1. The summed E-state index contributed by atoms with van der Waals surface area (Å²) in [6.07, 6.45) is 3.56. The Bertz CT molecular complexity index is 637. The molecule has 0 fully saturated rings. The minimum atomic E-state index is -0.168. The van der Waals surface area contributed by atoms with Crippen LogP contribution >= 0.6 is 0 Å². The Labute approximate surface area is 124 Å². The summed E-state index contributed by atoms with van der Waals surface area (Å²) < 4.78 is 0. The minimum Gasteiger partial charge on any atom is -0.324 e. The molecule has 1 unspecified atom stereocenters. The van der Waals surface area contributed by atoms with Crippen molar-refractivity contribution in [3.8, 4) is 0 Å². The lowest BCUT2D eigenvalue weighted by atomic mass is 10.1. The molecule has 3 rings (SSSR count). The number of para-hydroxylation sites is 1. The second-order valence-corrected chi connectivity index (χ2v) is 5.43. The molecule has 0 bridgehead atoms. The maximum absolute atomic E-state index is 12.3. The normalized spacial score (nSPS) is 17.8. The van der Waals surface area contributed by atoms with Crippen molar-refractivity contribution in [3.63, 3.8) is 0 Å². The molecule has 1 amide bonds. The zero-order chi connectivity index (χ0) is 14.7. The number of hydrogen-bond acceptors (Lipinski definition) is 3. The van der Waals surface area contributed by atoms with Crippen LogP contribution in [0.1, 0.15) is 23.2 Å². The SMILES string of the molecule is Cc1ccc(CNC2CCc3ccccc3NC2=O)cn1. The van der Waals surface area contributed by atoms with Gasteiger partial charge in [-0.3, -0.25) is 9.78 Å². The first-order valence-electron chi connectivity index (χ1n) is 7.26. The highest BCUT2D eigenvalue weighted by atomic mass is 16.2. The third kappa shape index (κ3) is 3.28. The number of rotatable bonds is 3. The number of aryl methyl sites for hydroxylation is 2. The summed E-state index contributed by atoms with van der Waals surface area (Å²) in [5.41, 5.74) is 4.23. The molecule has 2 heterocycles. The molecular formula is C17H19N3O. The van der Waals surface area contributed by atoms with Gasteiger partial charge >= 0.3 is 0 Å². The monoisotopic (exact) mass is 281 g/mol. The summed E-state index contributed by atoms with van der Waals surface area (Å²) in [5.74, 6) is 0.0417. The van der Waals surface area contributed by atoms with E-state index < -0.39 is 0 Å². The molecule has 1 aliphatic rings. The second-order valence-electron chi connectivity index (χ2n) is 5.43. The van der Waals surface area contributed by atoms with Gasteiger partial charge in [0.05, 0.1) is 6.04 Å². The summed E-state index contributed by atoms with van der Waals surface area (Å²) in [5, 5.41) is 6.33. The highest BCUT2D eigenvalue weighted by molar-refractivity contribution is 5.96. The second kappa shape index (κ2) is 6.06. The van der Waals surface area contributed by atoms with Gasteiger partial charge in [0.25, 0.3) is 0 Å². The Morgan fingerprint density at radius 1 is 1.29 bits per heavy atom. The van der Waals surface area contributed by atoms with Crippen LogP contribution in [-0.2, 0) is 17.8 Å². The third-order valence-corrected chi connectivity index (χ3v) is 3.82. The van der Waals surface area contributed by atoms with Gasteiger partial charge in [0.15, 0.2) is 0 Å². The lowest BCUT2D eigenvalue weighted by Gasteiger charge is -2.15. The van der Waals surface area contributed by atoms with E-state index >= 15 is 0 Å². The van der Waals surface area contributed by atoms with Crippen LogP contribution in [0.3, 0.4) is 0 Å².